The van der Waals surface area contributed by atoms with Crippen LogP contribution in [0.25, 0.3) is 0 Å². The summed E-state index contributed by atoms with van der Waals surface area (Å²) >= 11 is 0. The number of benzene rings is 2. The first kappa shape index (κ1) is 35.6. The highest BCUT2D eigenvalue weighted by Crippen LogP contribution is 2.26. The van der Waals surface area contributed by atoms with Crippen LogP contribution in [-0.4, -0.2) is 90.1 Å². The van der Waals surface area contributed by atoms with E-state index in [2.05, 4.69) is 30.9 Å². The van der Waals surface area contributed by atoms with Crippen LogP contribution < -0.4 is 35.9 Å². The van der Waals surface area contributed by atoms with E-state index in [1.165, 1.54) is 6.07 Å². The molecular weight excluding hydrogens is 624 g/mol. The molecule has 3 aromatic rings. The molecule has 0 saturated heterocycles. The number of carboxylic acid groups (broad SMARTS) is 1. The van der Waals surface area contributed by atoms with Crippen molar-refractivity contribution in [3.05, 3.63) is 53.6 Å². The van der Waals surface area contributed by atoms with E-state index in [1.54, 1.807) is 12.1 Å². The van der Waals surface area contributed by atoms with Gasteiger partial charge in [-0.2, -0.15) is 15.0 Å². The molecule has 5 rings (SSSR count). The van der Waals surface area contributed by atoms with Crippen molar-refractivity contribution >= 4 is 35.3 Å². The Hall–Kier alpha value is -5.22. The number of carboxylic acids is 1. The van der Waals surface area contributed by atoms with Gasteiger partial charge in [0.05, 0.1) is 44.4 Å². The van der Waals surface area contributed by atoms with E-state index in [0.717, 1.165) is 11.3 Å². The molecule has 48 heavy (non-hydrogen) atoms. The van der Waals surface area contributed by atoms with Gasteiger partial charge in [-0.3, -0.25) is 10.2 Å². The maximum absolute atomic E-state index is 13.3. The number of nitrogens with zero attached hydrogens (tertiary/aromatic N) is 3. The maximum atomic E-state index is 13.3. The Balaban J connectivity index is 1.56. The second-order valence-electron chi connectivity index (χ2n) is 10.6. The third kappa shape index (κ3) is 11.9. The Bertz CT molecular complexity index is 1510. The summed E-state index contributed by atoms with van der Waals surface area (Å²) in [5.74, 6) is -0.395. The number of fused-ring (bicyclic) bond motifs is 12. The minimum atomic E-state index is -1.17. The lowest BCUT2D eigenvalue weighted by Gasteiger charge is -2.17. The van der Waals surface area contributed by atoms with Crippen molar-refractivity contribution in [3.8, 4) is 17.5 Å². The van der Waals surface area contributed by atoms with Gasteiger partial charge in [0, 0.05) is 24.7 Å². The number of unbranched alkanes of at least 4 members (excludes halogenated alkanes) is 1. The lowest BCUT2D eigenvalue weighted by molar-refractivity contribution is -0.139. The maximum Gasteiger partial charge on any atom is 0.326 e. The molecule has 7 N–H and O–H groups in total. The largest absolute Gasteiger partial charge is 0.491 e. The molecule has 0 aliphatic carbocycles. The van der Waals surface area contributed by atoms with Crippen LogP contribution in [0.4, 0.5) is 17.6 Å². The molecule has 16 nitrogen and oxygen atoms in total. The van der Waals surface area contributed by atoms with Gasteiger partial charge in [0.15, 0.2) is 0 Å². The first-order chi connectivity index (χ1) is 23.3. The van der Waals surface area contributed by atoms with E-state index in [-0.39, 0.29) is 54.7 Å². The standard InChI is InChI=1S/C32H42N8O8/c1-2-46-32-39-30-35-20-21-7-10-23(11-8-21)47-17-15-44-13-14-45-16-18-48-26-19-22(36-31(38-30)40-32)9-12-24(26)28(41)37-25(29(42)43)5-3-4-6-27(33)34/h7-12,19,25H,2-6,13-18,20H2,1H3,(H3,33,34)(H,37,41)(H,42,43)(H2,35,36,38,39,40)/t25-/m1/s1. The molecule has 16 heteroatoms. The molecule has 2 aliphatic rings. The van der Waals surface area contributed by atoms with E-state index >= 15 is 0 Å². The van der Waals surface area contributed by atoms with Crippen LogP contribution in [0.2, 0.25) is 0 Å². The van der Waals surface area contributed by atoms with Gasteiger partial charge >= 0.3 is 12.0 Å². The number of anilines is 3. The van der Waals surface area contributed by atoms with Crippen LogP contribution in [0.15, 0.2) is 42.5 Å². The highest BCUT2D eigenvalue weighted by molar-refractivity contribution is 5.99. The molecule has 0 saturated carbocycles. The molecule has 0 unspecified atom stereocenters. The van der Waals surface area contributed by atoms with Gasteiger partial charge in [-0.25, -0.2) is 4.79 Å². The lowest BCUT2D eigenvalue weighted by atomic mass is 10.1. The van der Waals surface area contributed by atoms with Gasteiger partial charge in [-0.15, -0.1) is 0 Å². The summed E-state index contributed by atoms with van der Waals surface area (Å²) in [7, 11) is 0. The molecule has 2 aliphatic heterocycles. The quantitative estimate of drug-likeness (QED) is 0.0792. The molecule has 0 radical (unpaired) electrons. The van der Waals surface area contributed by atoms with E-state index in [9.17, 15) is 14.7 Å². The van der Waals surface area contributed by atoms with Crippen molar-refractivity contribution < 1.29 is 38.4 Å². The number of rotatable bonds is 10. The van der Waals surface area contributed by atoms with Gasteiger partial charge in [0.25, 0.3) is 5.91 Å². The predicted octanol–water partition coefficient (Wildman–Crippen LogP) is 3.11. The zero-order valence-electron chi connectivity index (χ0n) is 26.8. The van der Waals surface area contributed by atoms with E-state index < -0.39 is 17.9 Å². The van der Waals surface area contributed by atoms with E-state index in [1.807, 2.05) is 31.2 Å². The fraction of sp³-hybridized carbons (Fsp3) is 0.438. The van der Waals surface area contributed by atoms with Gasteiger partial charge in [0.2, 0.25) is 11.9 Å². The highest BCUT2D eigenvalue weighted by Gasteiger charge is 2.23. The second-order valence-corrected chi connectivity index (χ2v) is 10.6. The smallest absolute Gasteiger partial charge is 0.326 e. The number of aromatic nitrogens is 3. The Labute approximate surface area is 278 Å². The van der Waals surface area contributed by atoms with Crippen LogP contribution in [0.5, 0.6) is 17.5 Å². The van der Waals surface area contributed by atoms with Crippen molar-refractivity contribution in [2.24, 2.45) is 5.73 Å². The van der Waals surface area contributed by atoms with Gasteiger partial charge in [-0.05, 0) is 49.6 Å². The molecule has 1 aromatic heterocycles. The summed E-state index contributed by atoms with van der Waals surface area (Å²) in [6, 6.07) is 11.3. The summed E-state index contributed by atoms with van der Waals surface area (Å²) in [5.41, 5.74) is 6.98. The third-order valence-corrected chi connectivity index (χ3v) is 6.89. The van der Waals surface area contributed by atoms with E-state index in [0.29, 0.717) is 64.5 Å². The summed E-state index contributed by atoms with van der Waals surface area (Å²) in [6.45, 7) is 4.35. The number of nitrogens with two attached hydrogens (primary N) is 1. The molecule has 6 bridgehead atoms. The Morgan fingerprint density at radius 1 is 0.979 bits per heavy atom. The number of hydrogen-bond donors (Lipinski definition) is 6. The van der Waals surface area contributed by atoms with Crippen molar-refractivity contribution in [3.63, 3.8) is 0 Å². The molecule has 0 fully saturated rings. The van der Waals surface area contributed by atoms with Gasteiger partial charge in [0.1, 0.15) is 30.8 Å². The van der Waals surface area contributed by atoms with Crippen LogP contribution in [0.3, 0.4) is 0 Å². The number of carbonyl (C=O) groups is 2. The Kier molecular flexibility index (Phi) is 14.0. The molecule has 1 amide bonds. The average molecular weight is 667 g/mol. The van der Waals surface area contributed by atoms with Crippen LogP contribution >= 0.6 is 0 Å². The number of amidine groups is 1. The van der Waals surface area contributed by atoms with Crippen molar-refractivity contribution in [1.82, 2.24) is 20.3 Å². The topological polar surface area (TPSA) is 225 Å². The number of ether oxygens (including phenoxy) is 5. The number of carbonyl (C=O) groups excluding carboxylic acids is 1. The fourth-order valence-corrected chi connectivity index (χ4v) is 4.51. The normalized spacial score (nSPS) is 14.6. The van der Waals surface area contributed by atoms with E-state index in [4.69, 9.17) is 34.8 Å². The number of aliphatic carboxylic acids is 1. The third-order valence-electron chi connectivity index (χ3n) is 6.89. The summed E-state index contributed by atoms with van der Waals surface area (Å²) in [6.07, 6.45) is 1.54. The SMILES string of the molecule is CCOc1nc2nc(n1)Nc1ccc(C(=O)N[C@H](CCCCC(=N)N)C(=O)O)c(c1)OCCOCCOCCOc1ccc(cc1)CN2. The number of amides is 1. The zero-order chi connectivity index (χ0) is 34.1. The Morgan fingerprint density at radius 3 is 2.40 bits per heavy atom. The molecule has 2 aromatic carbocycles. The molecule has 3 heterocycles. The minimum absolute atomic E-state index is 0.0292. The number of nitrogens with one attached hydrogen (secondary N) is 4. The second kappa shape index (κ2) is 18.8. The molecule has 0 spiro atoms. The monoisotopic (exact) mass is 666 g/mol. The lowest BCUT2D eigenvalue weighted by Crippen LogP contribution is -2.41. The summed E-state index contributed by atoms with van der Waals surface area (Å²) < 4.78 is 28.5. The minimum Gasteiger partial charge on any atom is -0.491 e. The van der Waals surface area contributed by atoms with Crippen LogP contribution in [0.1, 0.15) is 48.5 Å². The molecular formula is C32H42N8O8. The van der Waals surface area contributed by atoms with Crippen molar-refractivity contribution in [2.45, 2.75) is 45.2 Å². The van der Waals surface area contributed by atoms with Crippen LogP contribution in [0, 0.1) is 5.41 Å². The van der Waals surface area contributed by atoms with Crippen molar-refractivity contribution in [2.75, 3.05) is 56.9 Å². The first-order valence-electron chi connectivity index (χ1n) is 15.7. The van der Waals surface area contributed by atoms with Crippen molar-refractivity contribution in [1.29, 1.82) is 5.41 Å². The first-order valence-corrected chi connectivity index (χ1v) is 15.7. The average Bonchev–Trinajstić information content (AvgIpc) is 3.06. The van der Waals surface area contributed by atoms with Gasteiger partial charge < -0.3 is 50.5 Å². The summed E-state index contributed by atoms with van der Waals surface area (Å²) in [4.78, 5) is 38.4. The predicted molar refractivity (Wildman–Crippen MR) is 176 cm³/mol. The highest BCUT2D eigenvalue weighted by atomic mass is 16.6. The molecule has 1 atom stereocenters. The zero-order valence-corrected chi connectivity index (χ0v) is 26.8. The fourth-order valence-electron chi connectivity index (χ4n) is 4.51. The summed E-state index contributed by atoms with van der Waals surface area (Å²) in [5, 5.41) is 26.0. The van der Waals surface area contributed by atoms with Gasteiger partial charge in [-0.1, -0.05) is 18.6 Å². The number of hydrogen-bond acceptors (Lipinski definition) is 13. The molecule has 258 valence electrons. The Morgan fingerprint density at radius 2 is 1.69 bits per heavy atom. The van der Waals surface area contributed by atoms with Crippen LogP contribution in [-0.2, 0) is 20.8 Å².